The van der Waals surface area contributed by atoms with Crippen LogP contribution in [-0.2, 0) is 4.79 Å². The number of carbonyl (C=O) groups excluding carboxylic acids is 2. The summed E-state index contributed by atoms with van der Waals surface area (Å²) in [5.41, 5.74) is 0.229. The first kappa shape index (κ1) is 19.7. The number of halogens is 3. The van der Waals surface area contributed by atoms with Crippen molar-refractivity contribution in [2.24, 2.45) is 0 Å². The van der Waals surface area contributed by atoms with Gasteiger partial charge in [-0.05, 0) is 45.1 Å². The van der Waals surface area contributed by atoms with E-state index in [0.29, 0.717) is 16.2 Å². The highest BCUT2D eigenvalue weighted by Gasteiger charge is 2.43. The van der Waals surface area contributed by atoms with E-state index in [1.165, 1.54) is 17.4 Å². The van der Waals surface area contributed by atoms with Gasteiger partial charge in [-0.2, -0.15) is 5.06 Å². The molecule has 1 aromatic heterocycles. The average Bonchev–Trinajstić information content (AvgIpc) is 3.25. The zero-order valence-corrected chi connectivity index (χ0v) is 17.1. The molecule has 1 aliphatic heterocycles. The molecule has 1 saturated heterocycles. The fourth-order valence-electron chi connectivity index (χ4n) is 3.27. The number of carbonyl (C=O) groups is 2. The van der Waals surface area contributed by atoms with Gasteiger partial charge in [0, 0.05) is 11.1 Å². The second-order valence-corrected chi connectivity index (χ2v) is 8.67. The van der Waals surface area contributed by atoms with Gasteiger partial charge in [-0.3, -0.25) is 14.8 Å². The Morgan fingerprint density at radius 3 is 2.55 bits per heavy atom. The van der Waals surface area contributed by atoms with E-state index >= 15 is 4.39 Å². The maximum absolute atomic E-state index is 15.2. The molecular weight excluding hydrogens is 466 g/mol. The quantitative estimate of drug-likeness (QED) is 0.548. The van der Waals surface area contributed by atoms with Gasteiger partial charge in [-0.25, -0.2) is 8.78 Å². The molecule has 148 valence electrons. The van der Waals surface area contributed by atoms with Crippen LogP contribution in [0.4, 0.5) is 8.78 Å². The summed E-state index contributed by atoms with van der Waals surface area (Å²) in [4.78, 5) is 26.1. The highest BCUT2D eigenvalue weighted by Crippen LogP contribution is 2.36. The Balaban J connectivity index is 1.78. The predicted molar refractivity (Wildman–Crippen MR) is 106 cm³/mol. The number of hydrogen-bond donors (Lipinski definition) is 1. The highest BCUT2D eigenvalue weighted by molar-refractivity contribution is 9.11. The zero-order valence-electron chi connectivity index (χ0n) is 14.7. The highest BCUT2D eigenvalue weighted by atomic mass is 79.9. The molecule has 2 heterocycles. The van der Waals surface area contributed by atoms with Gasteiger partial charge in [0.1, 0.15) is 23.7 Å². The fraction of sp³-hybridized carbons (Fsp3) is 0.100. The van der Waals surface area contributed by atoms with Gasteiger partial charge < -0.3 is 4.90 Å². The number of rotatable bonds is 3. The SMILES string of the molecule is O=C1CN(C(=O)c2c(F)ccc(-c3ccccc3)c2F)C(c2csc(Br)c2)N1O. The monoisotopic (exact) mass is 478 g/mol. The van der Waals surface area contributed by atoms with Crippen LogP contribution in [0.25, 0.3) is 11.1 Å². The van der Waals surface area contributed by atoms with E-state index in [-0.39, 0.29) is 5.56 Å². The van der Waals surface area contributed by atoms with E-state index in [4.69, 9.17) is 0 Å². The summed E-state index contributed by atoms with van der Waals surface area (Å²) >= 11 is 4.58. The summed E-state index contributed by atoms with van der Waals surface area (Å²) < 4.78 is 30.4. The van der Waals surface area contributed by atoms with Crippen molar-refractivity contribution in [3.8, 4) is 11.1 Å². The van der Waals surface area contributed by atoms with Crippen LogP contribution in [-0.4, -0.2) is 33.5 Å². The Hall–Kier alpha value is -2.62. The molecule has 0 aliphatic carbocycles. The van der Waals surface area contributed by atoms with E-state index in [2.05, 4.69) is 15.9 Å². The third kappa shape index (κ3) is 3.45. The standard InChI is InChI=1S/C20H13BrF2N2O3S/c21-15-8-12(10-29-15)19-24(9-16(26)25(19)28)20(27)17-14(22)7-6-13(18(17)23)11-4-2-1-3-5-11/h1-8,10,19,28H,9H2. The molecule has 29 heavy (non-hydrogen) atoms. The van der Waals surface area contributed by atoms with Gasteiger partial charge in [0.15, 0.2) is 6.17 Å². The summed E-state index contributed by atoms with van der Waals surface area (Å²) in [5.74, 6) is -3.82. The van der Waals surface area contributed by atoms with Crippen LogP contribution < -0.4 is 0 Å². The molecule has 0 radical (unpaired) electrons. The Labute approximate surface area is 176 Å². The minimum atomic E-state index is -1.17. The van der Waals surface area contributed by atoms with Crippen LogP contribution >= 0.6 is 27.3 Å². The number of hydrogen-bond acceptors (Lipinski definition) is 4. The molecule has 1 unspecified atom stereocenters. The first-order valence-electron chi connectivity index (χ1n) is 8.47. The topological polar surface area (TPSA) is 60.9 Å². The van der Waals surface area contributed by atoms with Gasteiger partial charge >= 0.3 is 0 Å². The van der Waals surface area contributed by atoms with E-state index < -0.39 is 41.7 Å². The van der Waals surface area contributed by atoms with Gasteiger partial charge in [0.2, 0.25) is 0 Å². The molecule has 0 bridgehead atoms. The average molecular weight is 479 g/mol. The Kier molecular flexibility index (Phi) is 5.20. The van der Waals surface area contributed by atoms with Crippen LogP contribution in [0.3, 0.4) is 0 Å². The van der Waals surface area contributed by atoms with Gasteiger partial charge in [0.05, 0.1) is 3.79 Å². The van der Waals surface area contributed by atoms with Gasteiger partial charge in [-0.1, -0.05) is 30.3 Å². The van der Waals surface area contributed by atoms with Gasteiger partial charge in [0.25, 0.3) is 11.8 Å². The number of thiophene rings is 1. The molecule has 3 aromatic rings. The number of hydroxylamine groups is 2. The summed E-state index contributed by atoms with van der Waals surface area (Å²) in [6, 6.07) is 12.4. The molecule has 0 spiro atoms. The lowest BCUT2D eigenvalue weighted by Crippen LogP contribution is -2.35. The van der Waals surface area contributed by atoms with E-state index in [1.807, 2.05) is 0 Å². The van der Waals surface area contributed by atoms with Crippen molar-refractivity contribution < 1.29 is 23.6 Å². The Bertz CT molecular complexity index is 1110. The molecule has 5 nitrogen and oxygen atoms in total. The predicted octanol–water partition coefficient (Wildman–Crippen LogP) is 4.83. The summed E-state index contributed by atoms with van der Waals surface area (Å²) in [5, 5.41) is 12.2. The minimum Gasteiger partial charge on any atom is -0.302 e. The molecule has 2 amide bonds. The van der Waals surface area contributed by atoms with Crippen LogP contribution in [0, 0.1) is 11.6 Å². The summed E-state index contributed by atoms with van der Waals surface area (Å²) in [7, 11) is 0. The minimum absolute atomic E-state index is 0.0663. The van der Waals surface area contributed by atoms with Crippen molar-refractivity contribution >= 4 is 39.1 Å². The molecule has 1 aliphatic rings. The number of nitrogens with zero attached hydrogens (tertiary/aromatic N) is 2. The first-order chi connectivity index (χ1) is 13.9. The fourth-order valence-corrected chi connectivity index (χ4v) is 4.46. The molecule has 0 saturated carbocycles. The molecule has 2 aromatic carbocycles. The van der Waals surface area contributed by atoms with Crippen LogP contribution in [0.1, 0.15) is 22.1 Å². The molecule has 4 rings (SSSR count). The second kappa shape index (κ2) is 7.66. The lowest BCUT2D eigenvalue weighted by atomic mass is 10.0. The number of benzene rings is 2. The molecule has 1 N–H and O–H groups in total. The largest absolute Gasteiger partial charge is 0.302 e. The summed E-state index contributed by atoms with van der Waals surface area (Å²) in [6.45, 7) is -0.498. The van der Waals surface area contributed by atoms with Crippen LogP contribution in [0.15, 0.2) is 57.7 Å². The maximum atomic E-state index is 15.2. The van der Waals surface area contributed by atoms with E-state index in [0.717, 1.165) is 14.8 Å². The van der Waals surface area contributed by atoms with Crippen molar-refractivity contribution in [2.75, 3.05) is 6.54 Å². The smallest absolute Gasteiger partial charge is 0.267 e. The lowest BCUT2D eigenvalue weighted by molar-refractivity contribution is -0.168. The third-order valence-electron chi connectivity index (χ3n) is 4.62. The van der Waals surface area contributed by atoms with Crippen molar-refractivity contribution in [1.82, 2.24) is 9.96 Å². The van der Waals surface area contributed by atoms with Crippen molar-refractivity contribution in [3.05, 3.63) is 80.5 Å². The molecular formula is C20H13BrF2N2O3S. The van der Waals surface area contributed by atoms with Crippen molar-refractivity contribution in [1.29, 1.82) is 0 Å². The molecule has 9 heteroatoms. The van der Waals surface area contributed by atoms with Crippen LogP contribution in [0.5, 0.6) is 0 Å². The van der Waals surface area contributed by atoms with Crippen molar-refractivity contribution in [3.63, 3.8) is 0 Å². The first-order valence-corrected chi connectivity index (χ1v) is 10.1. The van der Waals surface area contributed by atoms with E-state index in [9.17, 15) is 19.2 Å². The normalized spacial score (nSPS) is 16.6. The van der Waals surface area contributed by atoms with Gasteiger partial charge in [-0.15, -0.1) is 11.3 Å². The third-order valence-corrected chi connectivity index (χ3v) is 6.15. The number of amides is 2. The second-order valence-electron chi connectivity index (χ2n) is 6.38. The maximum Gasteiger partial charge on any atom is 0.267 e. The molecule has 1 atom stereocenters. The van der Waals surface area contributed by atoms with Crippen molar-refractivity contribution in [2.45, 2.75) is 6.17 Å². The van der Waals surface area contributed by atoms with Crippen LogP contribution in [0.2, 0.25) is 0 Å². The van der Waals surface area contributed by atoms with E-state index in [1.54, 1.807) is 41.8 Å². The molecule has 1 fully saturated rings. The lowest BCUT2D eigenvalue weighted by Gasteiger charge is -2.26. The Morgan fingerprint density at radius 1 is 1.17 bits per heavy atom. The summed E-state index contributed by atoms with van der Waals surface area (Å²) in [6.07, 6.45) is -1.17. The Morgan fingerprint density at radius 2 is 1.90 bits per heavy atom. The zero-order chi connectivity index (χ0) is 20.7.